The first-order valence-corrected chi connectivity index (χ1v) is 6.20. The summed E-state index contributed by atoms with van der Waals surface area (Å²) >= 11 is 0. The second-order valence-electron chi connectivity index (χ2n) is 4.42. The molecule has 21 heavy (non-hydrogen) atoms. The first-order valence-electron chi connectivity index (χ1n) is 6.20. The molecule has 6 heteroatoms. The molecule has 2 aromatic carbocycles. The quantitative estimate of drug-likeness (QED) is 0.788. The number of rotatable bonds is 5. The van der Waals surface area contributed by atoms with E-state index in [1.165, 1.54) is 25.3 Å². The lowest BCUT2D eigenvalue weighted by atomic mass is 10.1. The summed E-state index contributed by atoms with van der Waals surface area (Å²) in [6.07, 6.45) is 0. The molecule has 0 aliphatic rings. The molecule has 4 N–H and O–H groups in total. The summed E-state index contributed by atoms with van der Waals surface area (Å²) in [4.78, 5) is 11.1. The van der Waals surface area contributed by atoms with Gasteiger partial charge in [0.2, 0.25) is 0 Å². The molecule has 0 aliphatic carbocycles. The van der Waals surface area contributed by atoms with E-state index < -0.39 is 11.7 Å². The molecule has 2 rings (SSSR count). The lowest BCUT2D eigenvalue weighted by Gasteiger charge is -2.10. The number of ether oxygens (including phenoxy) is 1. The molecule has 5 nitrogen and oxygen atoms in total. The van der Waals surface area contributed by atoms with Gasteiger partial charge in [0.25, 0.3) is 5.91 Å². The molecule has 0 aromatic heterocycles. The van der Waals surface area contributed by atoms with E-state index in [9.17, 15) is 14.3 Å². The summed E-state index contributed by atoms with van der Waals surface area (Å²) in [5.41, 5.74) is 6.28. The van der Waals surface area contributed by atoms with Crippen molar-refractivity contribution in [1.29, 1.82) is 0 Å². The minimum atomic E-state index is -0.821. The summed E-state index contributed by atoms with van der Waals surface area (Å²) in [5, 5.41) is 12.7. The molecule has 0 aliphatic heterocycles. The molecule has 0 heterocycles. The number of nitrogens with one attached hydrogen (secondary N) is 1. The van der Waals surface area contributed by atoms with Gasteiger partial charge in [-0.15, -0.1) is 0 Å². The first kappa shape index (κ1) is 14.6. The van der Waals surface area contributed by atoms with Crippen molar-refractivity contribution in [2.45, 2.75) is 6.54 Å². The van der Waals surface area contributed by atoms with E-state index in [-0.39, 0.29) is 11.3 Å². The Hall–Kier alpha value is -2.76. The van der Waals surface area contributed by atoms with E-state index in [1.807, 2.05) is 0 Å². The van der Waals surface area contributed by atoms with Gasteiger partial charge in [0.1, 0.15) is 5.82 Å². The maximum atomic E-state index is 13.3. The molecule has 0 unspecified atom stereocenters. The zero-order valence-electron chi connectivity index (χ0n) is 11.4. The number of carbonyl (C=O) groups is 1. The van der Waals surface area contributed by atoms with Crippen molar-refractivity contribution >= 4 is 11.6 Å². The molecule has 0 spiro atoms. The van der Waals surface area contributed by atoms with Crippen LogP contribution in [0, 0.1) is 5.82 Å². The van der Waals surface area contributed by atoms with Crippen LogP contribution in [0.25, 0.3) is 0 Å². The van der Waals surface area contributed by atoms with Gasteiger partial charge in [-0.2, -0.15) is 0 Å². The predicted molar refractivity (Wildman–Crippen MR) is 76.9 cm³/mol. The van der Waals surface area contributed by atoms with Gasteiger partial charge in [-0.3, -0.25) is 4.79 Å². The molecule has 0 atom stereocenters. The summed E-state index contributed by atoms with van der Waals surface area (Å²) in [6, 6.07) is 9.01. The summed E-state index contributed by atoms with van der Waals surface area (Å²) < 4.78 is 18.3. The van der Waals surface area contributed by atoms with Gasteiger partial charge in [-0.1, -0.05) is 6.07 Å². The number of methoxy groups -OCH3 is 1. The van der Waals surface area contributed by atoms with Gasteiger partial charge in [0, 0.05) is 12.2 Å². The molecule has 2 aromatic rings. The van der Waals surface area contributed by atoms with Crippen molar-refractivity contribution in [1.82, 2.24) is 0 Å². The third kappa shape index (κ3) is 3.42. The zero-order chi connectivity index (χ0) is 15.4. The normalized spacial score (nSPS) is 10.2. The largest absolute Gasteiger partial charge is 0.504 e. The number of anilines is 1. The van der Waals surface area contributed by atoms with E-state index in [4.69, 9.17) is 10.5 Å². The van der Waals surface area contributed by atoms with Crippen molar-refractivity contribution < 1.29 is 19.0 Å². The number of nitrogens with two attached hydrogens (primary N) is 1. The Morgan fingerprint density at radius 2 is 2.10 bits per heavy atom. The van der Waals surface area contributed by atoms with Crippen molar-refractivity contribution in [2.24, 2.45) is 5.73 Å². The van der Waals surface area contributed by atoms with Crippen LogP contribution in [0.4, 0.5) is 10.1 Å². The molecular weight excluding hydrogens is 275 g/mol. The average Bonchev–Trinajstić information content (AvgIpc) is 2.46. The SMILES string of the molecule is COc1ccc(CNc2ccc(F)c(C(N)=O)c2)cc1O. The number of hydrogen-bond donors (Lipinski definition) is 3. The van der Waals surface area contributed by atoms with Gasteiger partial charge in [0.15, 0.2) is 11.5 Å². The molecular formula is C15H15FN2O3. The predicted octanol–water partition coefficient (Wildman–Crippen LogP) is 2.25. The monoisotopic (exact) mass is 290 g/mol. The molecule has 0 radical (unpaired) electrons. The summed E-state index contributed by atoms with van der Waals surface area (Å²) in [7, 11) is 1.47. The fraction of sp³-hybridized carbons (Fsp3) is 0.133. The number of halogens is 1. The van der Waals surface area contributed by atoms with Crippen molar-refractivity contribution in [3.63, 3.8) is 0 Å². The Morgan fingerprint density at radius 3 is 2.71 bits per heavy atom. The van der Waals surface area contributed by atoms with Crippen molar-refractivity contribution in [3.05, 3.63) is 53.3 Å². The topological polar surface area (TPSA) is 84.6 Å². The van der Waals surface area contributed by atoms with E-state index >= 15 is 0 Å². The molecule has 0 saturated carbocycles. The van der Waals surface area contributed by atoms with Crippen LogP contribution in [0.5, 0.6) is 11.5 Å². The minimum absolute atomic E-state index is 0.0359. The highest BCUT2D eigenvalue weighted by Gasteiger charge is 2.09. The lowest BCUT2D eigenvalue weighted by Crippen LogP contribution is -2.13. The number of phenols is 1. The van der Waals surface area contributed by atoms with Crippen LogP contribution in [0.3, 0.4) is 0 Å². The number of carbonyl (C=O) groups excluding carboxylic acids is 1. The van der Waals surface area contributed by atoms with Gasteiger partial charge in [0.05, 0.1) is 12.7 Å². The van der Waals surface area contributed by atoms with Crippen LogP contribution >= 0.6 is 0 Å². The number of benzene rings is 2. The molecule has 0 bridgehead atoms. The van der Waals surface area contributed by atoms with Gasteiger partial charge < -0.3 is 20.9 Å². The minimum Gasteiger partial charge on any atom is -0.504 e. The average molecular weight is 290 g/mol. The maximum Gasteiger partial charge on any atom is 0.251 e. The van der Waals surface area contributed by atoms with E-state index in [2.05, 4.69) is 5.32 Å². The van der Waals surface area contributed by atoms with Gasteiger partial charge >= 0.3 is 0 Å². The van der Waals surface area contributed by atoms with Crippen LogP contribution in [0.2, 0.25) is 0 Å². The van der Waals surface area contributed by atoms with Gasteiger partial charge in [-0.25, -0.2) is 4.39 Å². The second-order valence-corrected chi connectivity index (χ2v) is 4.42. The van der Waals surface area contributed by atoms with Crippen LogP contribution in [0.1, 0.15) is 15.9 Å². The van der Waals surface area contributed by atoms with Crippen LogP contribution in [-0.2, 0) is 6.54 Å². The number of phenolic OH excluding ortho intramolecular Hbond substituents is 1. The smallest absolute Gasteiger partial charge is 0.251 e. The third-order valence-corrected chi connectivity index (χ3v) is 2.97. The number of hydrogen-bond acceptors (Lipinski definition) is 4. The molecule has 110 valence electrons. The summed E-state index contributed by atoms with van der Waals surface area (Å²) in [5.74, 6) is -1.06. The Bertz CT molecular complexity index is 674. The Kier molecular flexibility index (Phi) is 4.27. The maximum absolute atomic E-state index is 13.3. The van der Waals surface area contributed by atoms with E-state index in [1.54, 1.807) is 18.2 Å². The number of aromatic hydroxyl groups is 1. The fourth-order valence-corrected chi connectivity index (χ4v) is 1.87. The zero-order valence-corrected chi connectivity index (χ0v) is 11.4. The van der Waals surface area contributed by atoms with Crippen molar-refractivity contribution in [2.75, 3.05) is 12.4 Å². The number of amides is 1. The third-order valence-electron chi connectivity index (χ3n) is 2.97. The van der Waals surface area contributed by atoms with Crippen LogP contribution < -0.4 is 15.8 Å². The Labute approximate surface area is 121 Å². The highest BCUT2D eigenvalue weighted by atomic mass is 19.1. The second kappa shape index (κ2) is 6.13. The highest BCUT2D eigenvalue weighted by Crippen LogP contribution is 2.26. The van der Waals surface area contributed by atoms with Crippen molar-refractivity contribution in [3.8, 4) is 11.5 Å². The Morgan fingerprint density at radius 1 is 1.33 bits per heavy atom. The number of primary amides is 1. The standard InChI is InChI=1S/C15H15FN2O3/c1-21-14-5-2-9(6-13(14)19)8-18-10-3-4-12(16)11(7-10)15(17)20/h2-7,18-19H,8H2,1H3,(H2,17,20). The molecule has 0 saturated heterocycles. The van der Waals surface area contributed by atoms with Crippen LogP contribution in [0.15, 0.2) is 36.4 Å². The molecule has 0 fully saturated rings. The highest BCUT2D eigenvalue weighted by molar-refractivity contribution is 5.94. The van der Waals surface area contributed by atoms with Crippen LogP contribution in [-0.4, -0.2) is 18.1 Å². The molecule has 1 amide bonds. The Balaban J connectivity index is 2.11. The van der Waals surface area contributed by atoms with E-state index in [0.717, 1.165) is 5.56 Å². The lowest BCUT2D eigenvalue weighted by molar-refractivity contribution is 0.0996. The summed E-state index contributed by atoms with van der Waals surface area (Å²) in [6.45, 7) is 0.390. The fourth-order valence-electron chi connectivity index (χ4n) is 1.87. The van der Waals surface area contributed by atoms with Gasteiger partial charge in [-0.05, 0) is 35.9 Å². The first-order chi connectivity index (χ1) is 10.0. The van der Waals surface area contributed by atoms with E-state index in [0.29, 0.717) is 18.0 Å².